The van der Waals surface area contributed by atoms with Crippen molar-refractivity contribution in [1.82, 2.24) is 0 Å². The number of ether oxygens (including phenoxy) is 2. The Kier molecular flexibility index (Phi) is 5.93. The summed E-state index contributed by atoms with van der Waals surface area (Å²) in [6.45, 7) is 13.0. The largest absolute Gasteiger partial charge is 0.462 e. The maximum absolute atomic E-state index is 13.3. The lowest BCUT2D eigenvalue weighted by Gasteiger charge is -2.41. The third-order valence-electron chi connectivity index (χ3n) is 10.3. The third-order valence-corrected chi connectivity index (χ3v) is 10.3. The second-order valence-corrected chi connectivity index (χ2v) is 14.2. The fourth-order valence-corrected chi connectivity index (χ4v) is 8.98. The Labute approximate surface area is 200 Å². The molecule has 4 nitrogen and oxygen atoms in total. The van der Waals surface area contributed by atoms with Crippen molar-refractivity contribution < 1.29 is 19.1 Å². The van der Waals surface area contributed by atoms with Gasteiger partial charge in [0.05, 0.1) is 11.8 Å². The Morgan fingerprint density at radius 2 is 1.58 bits per heavy atom. The molecule has 5 aliphatic carbocycles. The van der Waals surface area contributed by atoms with Crippen LogP contribution in [0.25, 0.3) is 0 Å². The van der Waals surface area contributed by atoms with Crippen LogP contribution in [-0.2, 0) is 19.1 Å². The molecule has 5 rings (SSSR count). The van der Waals surface area contributed by atoms with Gasteiger partial charge in [0, 0.05) is 0 Å². The molecule has 5 fully saturated rings. The Hall–Kier alpha value is -1.06. The van der Waals surface area contributed by atoms with Crippen LogP contribution in [0.2, 0.25) is 0 Å². The van der Waals surface area contributed by atoms with E-state index in [1.165, 1.54) is 25.7 Å². The summed E-state index contributed by atoms with van der Waals surface area (Å²) in [6, 6.07) is 0. The number of rotatable bonds is 6. The highest BCUT2D eigenvalue weighted by Gasteiger charge is 2.66. The highest BCUT2D eigenvalue weighted by atomic mass is 16.6. The van der Waals surface area contributed by atoms with Crippen molar-refractivity contribution in [2.75, 3.05) is 0 Å². The molecule has 33 heavy (non-hydrogen) atoms. The minimum Gasteiger partial charge on any atom is -0.462 e. The molecule has 0 aromatic rings. The zero-order valence-corrected chi connectivity index (χ0v) is 21.8. The van der Waals surface area contributed by atoms with E-state index in [9.17, 15) is 9.59 Å². The number of hydrogen-bond acceptors (Lipinski definition) is 4. The van der Waals surface area contributed by atoms with Gasteiger partial charge in [-0.25, -0.2) is 0 Å². The van der Waals surface area contributed by atoms with E-state index in [0.29, 0.717) is 35.5 Å². The zero-order valence-electron chi connectivity index (χ0n) is 21.8. The van der Waals surface area contributed by atoms with Gasteiger partial charge in [-0.1, -0.05) is 34.6 Å². The third kappa shape index (κ3) is 4.27. The monoisotopic (exact) mass is 458 g/mol. The fourth-order valence-electron chi connectivity index (χ4n) is 8.98. The van der Waals surface area contributed by atoms with Crippen molar-refractivity contribution in [3.63, 3.8) is 0 Å². The van der Waals surface area contributed by atoms with Gasteiger partial charge in [-0.2, -0.15) is 0 Å². The van der Waals surface area contributed by atoms with Crippen LogP contribution in [-0.4, -0.2) is 23.6 Å². The van der Waals surface area contributed by atoms with E-state index in [4.69, 9.17) is 9.47 Å². The molecule has 0 aromatic carbocycles. The number of hydrogen-bond donors (Lipinski definition) is 0. The summed E-state index contributed by atoms with van der Waals surface area (Å²) in [4.78, 5) is 26.5. The van der Waals surface area contributed by atoms with Gasteiger partial charge in [0.1, 0.15) is 11.7 Å². The van der Waals surface area contributed by atoms with E-state index < -0.39 is 0 Å². The van der Waals surface area contributed by atoms with Crippen molar-refractivity contribution in [2.24, 2.45) is 58.7 Å². The first kappa shape index (κ1) is 23.7. The summed E-state index contributed by atoms with van der Waals surface area (Å²) in [5.41, 5.74) is -0.119. The van der Waals surface area contributed by atoms with Gasteiger partial charge in [0.15, 0.2) is 0 Å². The van der Waals surface area contributed by atoms with Gasteiger partial charge in [0.25, 0.3) is 0 Å². The molecular weight excluding hydrogens is 412 g/mol. The predicted molar refractivity (Wildman–Crippen MR) is 128 cm³/mol. The zero-order chi connectivity index (χ0) is 23.7. The molecule has 0 aliphatic heterocycles. The quantitative estimate of drug-likeness (QED) is 0.341. The molecule has 0 heterocycles. The summed E-state index contributed by atoms with van der Waals surface area (Å²) in [6.07, 6.45) is 9.79. The number of carbonyl (C=O) groups is 2. The standard InChI is InChI=1S/C29H46O4/c1-16(2)22(15-28(3,4)5)26(30)32-23-14-18-13-21(23)25-19-11-17(24(18)25)12-20(19)27(31)33-29(6)9-7-8-10-29/h16-25H,7-15H2,1-6H3. The SMILES string of the molecule is CC(C)C(CC(C)(C)C)C(=O)OC1CC2CC1C1C3CC(CC3C(=O)OC3(C)CCCC3)C21. The molecule has 4 heteroatoms. The molecular formula is C29H46O4. The Morgan fingerprint density at radius 1 is 0.939 bits per heavy atom. The summed E-state index contributed by atoms with van der Waals surface area (Å²) >= 11 is 0. The van der Waals surface area contributed by atoms with Crippen LogP contribution in [0.1, 0.15) is 99.3 Å². The van der Waals surface area contributed by atoms with Crippen molar-refractivity contribution in [3.8, 4) is 0 Å². The summed E-state index contributed by atoms with van der Waals surface area (Å²) in [5.74, 6) is 4.04. The van der Waals surface area contributed by atoms with E-state index in [1.807, 2.05) is 0 Å². The molecule has 0 aromatic heterocycles. The Balaban J connectivity index is 1.25. The predicted octanol–water partition coefficient (Wildman–Crippen LogP) is 6.41. The summed E-state index contributed by atoms with van der Waals surface area (Å²) in [5, 5.41) is 0. The van der Waals surface area contributed by atoms with Crippen LogP contribution in [0, 0.1) is 58.7 Å². The van der Waals surface area contributed by atoms with Crippen molar-refractivity contribution in [3.05, 3.63) is 0 Å². The average molecular weight is 459 g/mol. The van der Waals surface area contributed by atoms with Crippen LogP contribution in [0.15, 0.2) is 0 Å². The number of esters is 2. The average Bonchev–Trinajstić information content (AvgIpc) is 3.50. The molecule has 186 valence electrons. The molecule has 5 aliphatic rings. The summed E-state index contributed by atoms with van der Waals surface area (Å²) < 4.78 is 12.4. The molecule has 0 N–H and O–H groups in total. The Morgan fingerprint density at radius 3 is 2.21 bits per heavy atom. The maximum Gasteiger partial charge on any atom is 0.309 e. The fraction of sp³-hybridized carbons (Fsp3) is 0.931. The van der Waals surface area contributed by atoms with Gasteiger partial charge >= 0.3 is 11.9 Å². The first-order chi connectivity index (χ1) is 15.5. The van der Waals surface area contributed by atoms with Crippen molar-refractivity contribution in [1.29, 1.82) is 0 Å². The molecule has 0 saturated heterocycles. The normalized spacial score (nSPS) is 41.4. The smallest absolute Gasteiger partial charge is 0.309 e. The molecule has 9 unspecified atom stereocenters. The van der Waals surface area contributed by atoms with Gasteiger partial charge in [-0.3, -0.25) is 9.59 Å². The topological polar surface area (TPSA) is 52.6 Å². The second-order valence-electron chi connectivity index (χ2n) is 14.2. The van der Waals surface area contributed by atoms with Gasteiger partial charge in [-0.15, -0.1) is 0 Å². The number of carbonyl (C=O) groups excluding carboxylic acids is 2. The van der Waals surface area contributed by atoms with Crippen LogP contribution in [0.3, 0.4) is 0 Å². The van der Waals surface area contributed by atoms with Crippen LogP contribution >= 0.6 is 0 Å². The number of fused-ring (bicyclic) bond motifs is 9. The van der Waals surface area contributed by atoms with E-state index in [-0.39, 0.29) is 40.9 Å². The van der Waals surface area contributed by atoms with Gasteiger partial charge in [-0.05, 0) is 112 Å². The van der Waals surface area contributed by atoms with E-state index in [2.05, 4.69) is 41.5 Å². The molecule has 0 amide bonds. The highest BCUT2D eigenvalue weighted by molar-refractivity contribution is 5.74. The Bertz CT molecular complexity index is 773. The lowest BCUT2D eigenvalue weighted by molar-refractivity contribution is -0.170. The molecule has 9 atom stereocenters. The molecule has 4 bridgehead atoms. The maximum atomic E-state index is 13.3. The lowest BCUT2D eigenvalue weighted by atomic mass is 9.66. The first-order valence-electron chi connectivity index (χ1n) is 13.9. The first-order valence-corrected chi connectivity index (χ1v) is 13.9. The van der Waals surface area contributed by atoms with Gasteiger partial charge in [0.2, 0.25) is 0 Å². The molecule has 0 spiro atoms. The van der Waals surface area contributed by atoms with Crippen molar-refractivity contribution in [2.45, 2.75) is 111 Å². The van der Waals surface area contributed by atoms with Gasteiger partial charge < -0.3 is 9.47 Å². The van der Waals surface area contributed by atoms with E-state index in [0.717, 1.165) is 38.0 Å². The van der Waals surface area contributed by atoms with Crippen LogP contribution in [0.4, 0.5) is 0 Å². The molecule has 5 saturated carbocycles. The van der Waals surface area contributed by atoms with Crippen LogP contribution < -0.4 is 0 Å². The minimum atomic E-state index is -0.232. The summed E-state index contributed by atoms with van der Waals surface area (Å²) in [7, 11) is 0. The minimum absolute atomic E-state index is 0.0160. The van der Waals surface area contributed by atoms with Crippen molar-refractivity contribution >= 4 is 11.9 Å². The lowest BCUT2D eigenvalue weighted by Crippen LogP contribution is -2.43. The highest BCUT2D eigenvalue weighted by Crippen LogP contribution is 2.69. The second kappa shape index (κ2) is 8.26. The molecule has 0 radical (unpaired) electrons. The van der Waals surface area contributed by atoms with Crippen LogP contribution in [0.5, 0.6) is 0 Å². The van der Waals surface area contributed by atoms with E-state index >= 15 is 0 Å². The van der Waals surface area contributed by atoms with E-state index in [1.54, 1.807) is 0 Å².